The summed E-state index contributed by atoms with van der Waals surface area (Å²) in [5.74, 6) is 0.0966. The van der Waals surface area contributed by atoms with Gasteiger partial charge in [-0.15, -0.1) is 0 Å². The summed E-state index contributed by atoms with van der Waals surface area (Å²) in [6, 6.07) is 5.93. The lowest BCUT2D eigenvalue weighted by Gasteiger charge is -2.20. The number of ether oxygens (including phenoxy) is 1. The van der Waals surface area contributed by atoms with Crippen LogP contribution in [0.5, 0.6) is 0 Å². The number of hydrogen-bond donors (Lipinski definition) is 0. The van der Waals surface area contributed by atoms with E-state index >= 15 is 0 Å². The summed E-state index contributed by atoms with van der Waals surface area (Å²) < 4.78 is 37.4. The number of carbonyl (C=O) groups excluding carboxylic acids is 1. The van der Waals surface area contributed by atoms with Crippen LogP contribution in [0.1, 0.15) is 54.7 Å². The SMILES string of the molecule is CCc1noc(COC(=O)c2cccc(S(=O)(=O)N3CCCCCC3)c2)n1. The van der Waals surface area contributed by atoms with Crippen molar-refractivity contribution in [2.75, 3.05) is 13.1 Å². The highest BCUT2D eigenvalue weighted by atomic mass is 32.2. The van der Waals surface area contributed by atoms with Gasteiger partial charge in [0.1, 0.15) is 0 Å². The van der Waals surface area contributed by atoms with Crippen LogP contribution in [-0.4, -0.2) is 41.9 Å². The van der Waals surface area contributed by atoms with Gasteiger partial charge in [-0.05, 0) is 31.0 Å². The Labute approximate surface area is 158 Å². The number of sulfonamides is 1. The Kier molecular flexibility index (Phi) is 6.22. The zero-order valence-corrected chi connectivity index (χ0v) is 16.1. The second-order valence-electron chi connectivity index (χ2n) is 6.38. The fourth-order valence-corrected chi connectivity index (χ4v) is 4.48. The van der Waals surface area contributed by atoms with Crippen LogP contribution in [0, 0.1) is 0 Å². The average Bonchev–Trinajstić information content (AvgIpc) is 2.96. The third kappa shape index (κ3) is 4.72. The Morgan fingerprint density at radius 3 is 2.63 bits per heavy atom. The Hall–Kier alpha value is -2.26. The predicted octanol–water partition coefficient (Wildman–Crippen LogP) is 2.55. The van der Waals surface area contributed by atoms with Crippen LogP contribution >= 0.6 is 0 Å². The summed E-state index contributed by atoms with van der Waals surface area (Å²) in [4.78, 5) is 16.4. The molecule has 1 fully saturated rings. The standard InChI is InChI=1S/C18H23N3O5S/c1-2-16-19-17(26-20-16)13-25-18(22)14-8-7-9-15(12-14)27(23,24)21-10-5-3-4-6-11-21/h7-9,12H,2-6,10-11,13H2,1H3. The van der Waals surface area contributed by atoms with Crippen LogP contribution in [0.15, 0.2) is 33.7 Å². The molecule has 1 aliphatic rings. The van der Waals surface area contributed by atoms with E-state index in [9.17, 15) is 13.2 Å². The highest BCUT2D eigenvalue weighted by Gasteiger charge is 2.26. The van der Waals surface area contributed by atoms with Crippen molar-refractivity contribution in [3.05, 3.63) is 41.5 Å². The quantitative estimate of drug-likeness (QED) is 0.695. The minimum absolute atomic E-state index is 0.102. The first-order chi connectivity index (χ1) is 13.0. The van der Waals surface area contributed by atoms with Gasteiger partial charge in [0.15, 0.2) is 12.4 Å². The largest absolute Gasteiger partial charge is 0.452 e. The van der Waals surface area contributed by atoms with Crippen molar-refractivity contribution < 1.29 is 22.5 Å². The topological polar surface area (TPSA) is 103 Å². The molecular formula is C18H23N3O5S. The number of esters is 1. The first-order valence-corrected chi connectivity index (χ1v) is 10.5. The maximum atomic E-state index is 12.9. The summed E-state index contributed by atoms with van der Waals surface area (Å²) in [5, 5.41) is 3.73. The molecule has 1 saturated heterocycles. The zero-order chi connectivity index (χ0) is 19.3. The van der Waals surface area contributed by atoms with Gasteiger partial charge in [0, 0.05) is 19.5 Å². The number of benzene rings is 1. The molecule has 27 heavy (non-hydrogen) atoms. The Morgan fingerprint density at radius 1 is 1.22 bits per heavy atom. The normalized spacial score (nSPS) is 16.0. The van der Waals surface area contributed by atoms with Crippen molar-refractivity contribution in [1.82, 2.24) is 14.4 Å². The number of aromatic nitrogens is 2. The van der Waals surface area contributed by atoms with E-state index in [1.54, 1.807) is 6.07 Å². The number of hydrogen-bond acceptors (Lipinski definition) is 7. The smallest absolute Gasteiger partial charge is 0.338 e. The van der Waals surface area contributed by atoms with E-state index in [2.05, 4.69) is 10.1 Å². The van der Waals surface area contributed by atoms with E-state index in [4.69, 9.17) is 9.26 Å². The molecule has 2 aromatic rings. The van der Waals surface area contributed by atoms with Gasteiger partial charge in [-0.2, -0.15) is 9.29 Å². The first kappa shape index (κ1) is 19.5. The van der Waals surface area contributed by atoms with Crippen LogP contribution in [0.25, 0.3) is 0 Å². The number of aryl methyl sites for hydroxylation is 1. The minimum atomic E-state index is -3.62. The van der Waals surface area contributed by atoms with Gasteiger partial charge >= 0.3 is 5.97 Å². The first-order valence-electron chi connectivity index (χ1n) is 9.09. The van der Waals surface area contributed by atoms with Crippen molar-refractivity contribution in [3.63, 3.8) is 0 Å². The van der Waals surface area contributed by atoms with E-state index in [0.29, 0.717) is 25.3 Å². The Morgan fingerprint density at radius 2 is 1.96 bits per heavy atom. The van der Waals surface area contributed by atoms with Crippen molar-refractivity contribution >= 4 is 16.0 Å². The molecule has 0 aliphatic carbocycles. The minimum Gasteiger partial charge on any atom is -0.452 e. The van der Waals surface area contributed by atoms with Gasteiger partial charge in [-0.1, -0.05) is 31.0 Å². The molecule has 1 aromatic carbocycles. The summed E-state index contributed by atoms with van der Waals surface area (Å²) in [7, 11) is -3.62. The third-order valence-corrected chi connectivity index (χ3v) is 6.32. The van der Waals surface area contributed by atoms with Crippen molar-refractivity contribution in [2.45, 2.75) is 50.5 Å². The number of carbonyl (C=O) groups is 1. The van der Waals surface area contributed by atoms with E-state index in [1.165, 1.54) is 22.5 Å². The van der Waals surface area contributed by atoms with Gasteiger partial charge in [0.05, 0.1) is 10.5 Å². The van der Waals surface area contributed by atoms with Crippen LogP contribution < -0.4 is 0 Å². The van der Waals surface area contributed by atoms with E-state index in [-0.39, 0.29) is 23.0 Å². The Balaban J connectivity index is 1.71. The van der Waals surface area contributed by atoms with E-state index in [1.807, 2.05) is 6.92 Å². The molecular weight excluding hydrogens is 370 g/mol. The highest BCUT2D eigenvalue weighted by molar-refractivity contribution is 7.89. The fraction of sp³-hybridized carbons (Fsp3) is 0.500. The highest BCUT2D eigenvalue weighted by Crippen LogP contribution is 2.21. The molecule has 8 nitrogen and oxygen atoms in total. The van der Waals surface area contributed by atoms with E-state index < -0.39 is 16.0 Å². The summed E-state index contributed by atoms with van der Waals surface area (Å²) in [6.45, 7) is 2.74. The molecule has 0 N–H and O–H groups in total. The lowest BCUT2D eigenvalue weighted by Crippen LogP contribution is -2.32. The predicted molar refractivity (Wildman–Crippen MR) is 96.5 cm³/mol. The van der Waals surface area contributed by atoms with Crippen LogP contribution in [0.3, 0.4) is 0 Å². The van der Waals surface area contributed by atoms with Gasteiger partial charge in [0.25, 0.3) is 5.89 Å². The maximum Gasteiger partial charge on any atom is 0.338 e. The number of nitrogens with zero attached hydrogens (tertiary/aromatic N) is 3. The lowest BCUT2D eigenvalue weighted by molar-refractivity contribution is 0.0429. The third-order valence-electron chi connectivity index (χ3n) is 4.43. The average molecular weight is 393 g/mol. The van der Waals surface area contributed by atoms with Crippen molar-refractivity contribution in [3.8, 4) is 0 Å². The second-order valence-corrected chi connectivity index (χ2v) is 8.32. The molecule has 146 valence electrons. The Bertz CT molecular complexity index is 886. The molecule has 3 rings (SSSR count). The van der Waals surface area contributed by atoms with Crippen molar-refractivity contribution in [1.29, 1.82) is 0 Å². The molecule has 9 heteroatoms. The fourth-order valence-electron chi connectivity index (χ4n) is 2.92. The summed E-state index contributed by atoms with van der Waals surface area (Å²) >= 11 is 0. The zero-order valence-electron chi connectivity index (χ0n) is 15.3. The van der Waals surface area contributed by atoms with Crippen molar-refractivity contribution in [2.24, 2.45) is 0 Å². The molecule has 1 aliphatic heterocycles. The maximum absolute atomic E-state index is 12.9. The molecule has 0 bridgehead atoms. The molecule has 0 amide bonds. The van der Waals surface area contributed by atoms with Gasteiger partial charge in [0.2, 0.25) is 10.0 Å². The second kappa shape index (κ2) is 8.62. The van der Waals surface area contributed by atoms with Gasteiger partial charge in [-0.25, -0.2) is 13.2 Å². The number of rotatable bonds is 6. The molecule has 0 unspecified atom stereocenters. The summed E-state index contributed by atoms with van der Waals surface area (Å²) in [5.41, 5.74) is 0.168. The van der Waals surface area contributed by atoms with Gasteiger partial charge < -0.3 is 9.26 Å². The monoisotopic (exact) mass is 393 g/mol. The molecule has 0 spiro atoms. The molecule has 2 heterocycles. The summed E-state index contributed by atoms with van der Waals surface area (Å²) in [6.07, 6.45) is 4.39. The lowest BCUT2D eigenvalue weighted by atomic mass is 10.2. The molecule has 0 saturated carbocycles. The van der Waals surface area contributed by atoms with Gasteiger partial charge in [-0.3, -0.25) is 0 Å². The molecule has 0 radical (unpaired) electrons. The van der Waals surface area contributed by atoms with Crippen LogP contribution in [-0.2, 0) is 27.8 Å². The van der Waals surface area contributed by atoms with Crippen LogP contribution in [0.2, 0.25) is 0 Å². The molecule has 1 aromatic heterocycles. The van der Waals surface area contributed by atoms with E-state index in [0.717, 1.165) is 25.7 Å². The van der Waals surface area contributed by atoms with Crippen LogP contribution in [0.4, 0.5) is 0 Å². The molecule has 0 atom stereocenters.